The Morgan fingerprint density at radius 2 is 1.41 bits per heavy atom. The number of carboxylic acid groups (broad SMARTS) is 2. The van der Waals surface area contributed by atoms with Gasteiger partial charge in [0, 0.05) is 24.3 Å². The molecule has 0 heterocycles. The van der Waals surface area contributed by atoms with Crippen LogP contribution >= 0.6 is 11.8 Å². The number of carbonyl (C=O) groups is 3. The lowest BCUT2D eigenvalue weighted by molar-refractivity contribution is -0.143. The highest BCUT2D eigenvalue weighted by Gasteiger charge is 2.21. The maximum Gasteiger partial charge on any atom is 0.307 e. The monoisotopic (exact) mass is 424 g/mol. The van der Waals surface area contributed by atoms with Gasteiger partial charge in [0.25, 0.3) is 0 Å². The summed E-state index contributed by atoms with van der Waals surface area (Å²) in [6, 6.07) is 0. The Morgan fingerprint density at radius 3 is 1.97 bits per heavy atom. The van der Waals surface area contributed by atoms with Gasteiger partial charge in [-0.25, -0.2) is 0 Å². The Hall–Kier alpha value is -1.82. The average Bonchev–Trinajstić information content (AvgIpc) is 2.61. The molecule has 2 N–H and O–H groups in total. The number of carbonyl (C=O) groups excluding carboxylic acids is 1. The van der Waals surface area contributed by atoms with Crippen molar-refractivity contribution in [2.24, 2.45) is 5.92 Å². The summed E-state index contributed by atoms with van der Waals surface area (Å²) in [4.78, 5) is 33.5. The molecule has 0 saturated heterocycles. The van der Waals surface area contributed by atoms with Crippen LogP contribution in [0.2, 0.25) is 0 Å². The van der Waals surface area contributed by atoms with Crippen molar-refractivity contribution >= 4 is 29.5 Å². The molecule has 0 rings (SSSR count). The van der Waals surface area contributed by atoms with Crippen LogP contribution in [-0.4, -0.2) is 39.4 Å². The molecule has 5 nitrogen and oxygen atoms in total. The number of ketones is 1. The predicted molar refractivity (Wildman–Crippen MR) is 120 cm³/mol. The molecule has 0 aromatic heterocycles. The first-order chi connectivity index (χ1) is 13.6. The van der Waals surface area contributed by atoms with Gasteiger partial charge >= 0.3 is 11.9 Å². The molecule has 1 unspecified atom stereocenters. The van der Waals surface area contributed by atoms with Crippen molar-refractivity contribution in [2.75, 3.05) is 11.5 Å². The summed E-state index contributed by atoms with van der Waals surface area (Å²) in [5.74, 6) is -2.06. The van der Waals surface area contributed by atoms with Crippen molar-refractivity contribution in [2.45, 2.75) is 72.6 Å². The lowest BCUT2D eigenvalue weighted by atomic mass is 10.0. The van der Waals surface area contributed by atoms with Crippen molar-refractivity contribution in [1.82, 2.24) is 0 Å². The number of aliphatic carboxylic acids is 2. The standard InChI is InChI=1S/C23H36O5S/c1-17(2)7-5-8-18(3)9-6-10-19(4)13-14-29-16-20(23(27)28)15-21(24)11-12-22(25)26/h7,9,13,20H,5-6,8,10-12,14-16H2,1-4H3,(H,25,26)(H,27,28)/b18-9+,19-13+. The fourth-order valence-electron chi connectivity index (χ4n) is 2.59. The molecule has 164 valence electrons. The van der Waals surface area contributed by atoms with E-state index in [1.54, 1.807) is 0 Å². The second-order valence-electron chi connectivity index (χ2n) is 7.67. The van der Waals surface area contributed by atoms with Crippen LogP contribution in [0.3, 0.4) is 0 Å². The number of carboxylic acids is 2. The quantitative estimate of drug-likeness (QED) is 0.245. The van der Waals surface area contributed by atoms with Crippen LogP contribution in [0, 0.1) is 5.92 Å². The number of Topliss-reactive ketones (excluding diaryl/α,β-unsaturated/α-hetero) is 1. The van der Waals surface area contributed by atoms with Gasteiger partial charge in [-0.05, 0) is 53.4 Å². The zero-order chi connectivity index (χ0) is 22.2. The summed E-state index contributed by atoms with van der Waals surface area (Å²) >= 11 is 1.49. The molecule has 0 fully saturated rings. The topological polar surface area (TPSA) is 91.7 Å². The number of rotatable bonds is 16. The average molecular weight is 425 g/mol. The number of allylic oxidation sites excluding steroid dienone is 5. The predicted octanol–water partition coefficient (Wildman–Crippen LogP) is 5.66. The fourth-order valence-corrected chi connectivity index (χ4v) is 3.67. The lowest BCUT2D eigenvalue weighted by Crippen LogP contribution is -2.20. The Balaban J connectivity index is 4.20. The van der Waals surface area contributed by atoms with Gasteiger partial charge in [0.15, 0.2) is 0 Å². The number of hydrogen-bond acceptors (Lipinski definition) is 4. The number of hydrogen-bond donors (Lipinski definition) is 2. The zero-order valence-electron chi connectivity index (χ0n) is 18.2. The largest absolute Gasteiger partial charge is 0.481 e. The molecule has 0 bridgehead atoms. The maximum atomic E-state index is 11.7. The van der Waals surface area contributed by atoms with Crippen molar-refractivity contribution in [3.63, 3.8) is 0 Å². The van der Waals surface area contributed by atoms with Gasteiger partial charge in [0.1, 0.15) is 5.78 Å². The lowest BCUT2D eigenvalue weighted by Gasteiger charge is -2.10. The molecular weight excluding hydrogens is 388 g/mol. The summed E-state index contributed by atoms with van der Waals surface area (Å²) in [5, 5.41) is 17.9. The minimum absolute atomic E-state index is 0.102. The van der Waals surface area contributed by atoms with E-state index >= 15 is 0 Å². The SMILES string of the molecule is CC(C)=CCC/C(C)=C/CC/C(C)=C/CSCC(CC(=O)CCC(=O)O)C(=O)O. The molecule has 0 aliphatic heterocycles. The van der Waals surface area contributed by atoms with Crippen LogP contribution < -0.4 is 0 Å². The summed E-state index contributed by atoms with van der Waals surface area (Å²) < 4.78 is 0. The van der Waals surface area contributed by atoms with Gasteiger partial charge in [0.05, 0.1) is 12.3 Å². The summed E-state index contributed by atoms with van der Waals surface area (Å²) in [5.41, 5.74) is 4.03. The molecule has 1 atom stereocenters. The summed E-state index contributed by atoms with van der Waals surface area (Å²) in [6.45, 7) is 8.47. The van der Waals surface area contributed by atoms with Crippen molar-refractivity contribution in [3.8, 4) is 0 Å². The second-order valence-corrected chi connectivity index (χ2v) is 8.74. The van der Waals surface area contributed by atoms with E-state index in [1.807, 2.05) is 0 Å². The third kappa shape index (κ3) is 16.8. The highest BCUT2D eigenvalue weighted by Crippen LogP contribution is 2.17. The smallest absolute Gasteiger partial charge is 0.307 e. The van der Waals surface area contributed by atoms with Crippen LogP contribution in [0.1, 0.15) is 72.6 Å². The first-order valence-corrected chi connectivity index (χ1v) is 11.3. The van der Waals surface area contributed by atoms with Gasteiger partial charge in [-0.1, -0.05) is 34.9 Å². The van der Waals surface area contributed by atoms with Crippen molar-refractivity contribution in [1.29, 1.82) is 0 Å². The van der Waals surface area contributed by atoms with E-state index in [4.69, 9.17) is 5.11 Å². The van der Waals surface area contributed by atoms with E-state index in [-0.39, 0.29) is 25.0 Å². The minimum Gasteiger partial charge on any atom is -0.481 e. The van der Waals surface area contributed by atoms with Crippen LogP contribution in [0.15, 0.2) is 34.9 Å². The molecule has 0 aliphatic rings. The molecule has 0 aromatic carbocycles. The second kappa shape index (κ2) is 16.0. The van der Waals surface area contributed by atoms with Gasteiger partial charge < -0.3 is 10.2 Å². The van der Waals surface area contributed by atoms with E-state index < -0.39 is 17.9 Å². The van der Waals surface area contributed by atoms with Crippen molar-refractivity contribution in [3.05, 3.63) is 34.9 Å². The van der Waals surface area contributed by atoms with Crippen LogP contribution in [-0.2, 0) is 14.4 Å². The van der Waals surface area contributed by atoms with Crippen LogP contribution in [0.25, 0.3) is 0 Å². The molecule has 0 aromatic rings. The van der Waals surface area contributed by atoms with Crippen LogP contribution in [0.4, 0.5) is 0 Å². The first-order valence-electron chi connectivity index (χ1n) is 10.1. The minimum atomic E-state index is -1.04. The summed E-state index contributed by atoms with van der Waals surface area (Å²) in [7, 11) is 0. The Kier molecular flexibility index (Phi) is 15.0. The third-order valence-electron chi connectivity index (χ3n) is 4.43. The molecule has 0 radical (unpaired) electrons. The highest BCUT2D eigenvalue weighted by atomic mass is 32.2. The number of thioether (sulfide) groups is 1. The normalized spacial score (nSPS) is 13.1. The maximum absolute atomic E-state index is 11.7. The van der Waals surface area contributed by atoms with Crippen molar-refractivity contribution < 1.29 is 24.6 Å². The van der Waals surface area contributed by atoms with Gasteiger partial charge in [0.2, 0.25) is 0 Å². The molecular formula is C23H36O5S. The van der Waals surface area contributed by atoms with Crippen LogP contribution in [0.5, 0.6) is 0 Å². The molecule has 29 heavy (non-hydrogen) atoms. The fraction of sp³-hybridized carbons (Fsp3) is 0.609. The van der Waals surface area contributed by atoms with E-state index in [2.05, 4.69) is 45.9 Å². The highest BCUT2D eigenvalue weighted by molar-refractivity contribution is 7.99. The molecule has 0 saturated carbocycles. The van der Waals surface area contributed by atoms with Gasteiger partial charge in [-0.15, -0.1) is 0 Å². The Bertz CT molecular complexity index is 627. The van der Waals surface area contributed by atoms with Gasteiger partial charge in [-0.2, -0.15) is 11.8 Å². The molecule has 0 aliphatic carbocycles. The first kappa shape index (κ1) is 27.2. The van der Waals surface area contributed by atoms with Gasteiger partial charge in [-0.3, -0.25) is 14.4 Å². The van der Waals surface area contributed by atoms with E-state index in [9.17, 15) is 19.5 Å². The Morgan fingerprint density at radius 1 is 0.828 bits per heavy atom. The van der Waals surface area contributed by atoms with E-state index in [1.165, 1.54) is 28.5 Å². The molecule has 6 heteroatoms. The molecule has 0 amide bonds. The van der Waals surface area contributed by atoms with E-state index in [0.29, 0.717) is 11.5 Å². The zero-order valence-corrected chi connectivity index (χ0v) is 19.0. The molecule has 0 spiro atoms. The van der Waals surface area contributed by atoms with E-state index in [0.717, 1.165) is 25.7 Å². The summed E-state index contributed by atoms with van der Waals surface area (Å²) in [6.07, 6.45) is 10.4. The Labute approximate surface area is 179 Å². The third-order valence-corrected chi connectivity index (χ3v) is 5.47.